The van der Waals surface area contributed by atoms with Gasteiger partial charge in [-0.1, -0.05) is 12.1 Å². The van der Waals surface area contributed by atoms with Crippen LogP contribution in [0.4, 0.5) is 5.69 Å². The van der Waals surface area contributed by atoms with Gasteiger partial charge in [0.1, 0.15) is 4.88 Å². The summed E-state index contributed by atoms with van der Waals surface area (Å²) in [5.74, 6) is -0.135. The van der Waals surface area contributed by atoms with Crippen LogP contribution in [0.3, 0.4) is 0 Å². The number of carbonyl (C=O) groups is 1. The molecule has 0 fully saturated rings. The van der Waals surface area contributed by atoms with Gasteiger partial charge < -0.3 is 10.4 Å². The molecule has 4 nitrogen and oxygen atoms in total. The van der Waals surface area contributed by atoms with E-state index in [9.17, 15) is 4.79 Å². The minimum atomic E-state index is -0.135. The quantitative estimate of drug-likeness (QED) is 0.902. The smallest absolute Gasteiger partial charge is 0.267 e. The van der Waals surface area contributed by atoms with Gasteiger partial charge in [-0.2, -0.15) is 0 Å². The van der Waals surface area contributed by atoms with E-state index >= 15 is 0 Å². The molecule has 1 amide bonds. The van der Waals surface area contributed by atoms with E-state index in [1.54, 1.807) is 0 Å². The van der Waals surface area contributed by atoms with E-state index in [1.807, 2.05) is 38.1 Å². The van der Waals surface area contributed by atoms with Crippen LogP contribution >= 0.6 is 11.3 Å². The molecule has 1 heterocycles. The number of nitrogens with zero attached hydrogens (tertiary/aromatic N) is 1. The number of carbonyl (C=O) groups excluding carboxylic acids is 1. The second kappa shape index (κ2) is 5.95. The summed E-state index contributed by atoms with van der Waals surface area (Å²) in [6.45, 7) is 3.82. The fraction of sp³-hybridized carbons (Fsp3) is 0.286. The largest absolute Gasteiger partial charge is 0.396 e. The predicted octanol–water partition coefficient (Wildman–Crippen LogP) is 2.55. The number of hydrogen-bond acceptors (Lipinski definition) is 4. The van der Waals surface area contributed by atoms with Crippen molar-refractivity contribution in [1.29, 1.82) is 0 Å². The first-order valence-corrected chi connectivity index (χ1v) is 6.87. The van der Waals surface area contributed by atoms with Gasteiger partial charge in [-0.25, -0.2) is 4.98 Å². The van der Waals surface area contributed by atoms with Gasteiger partial charge in [0.25, 0.3) is 5.91 Å². The van der Waals surface area contributed by atoms with Crippen molar-refractivity contribution in [3.05, 3.63) is 45.4 Å². The van der Waals surface area contributed by atoms with Gasteiger partial charge in [-0.15, -0.1) is 11.3 Å². The number of aromatic nitrogens is 1. The number of benzene rings is 1. The van der Waals surface area contributed by atoms with Crippen molar-refractivity contribution >= 4 is 22.9 Å². The Balaban J connectivity index is 2.14. The summed E-state index contributed by atoms with van der Waals surface area (Å²) in [7, 11) is 0. The highest BCUT2D eigenvalue weighted by Crippen LogP contribution is 2.19. The third kappa shape index (κ3) is 3.39. The summed E-state index contributed by atoms with van der Waals surface area (Å²) in [6.07, 6.45) is 0.586. The Kier molecular flexibility index (Phi) is 4.29. The van der Waals surface area contributed by atoms with Gasteiger partial charge in [0.05, 0.1) is 10.7 Å². The second-order valence-corrected chi connectivity index (χ2v) is 5.48. The Morgan fingerprint density at radius 2 is 2.21 bits per heavy atom. The monoisotopic (exact) mass is 276 g/mol. The Hall–Kier alpha value is -1.72. The number of hydrogen-bond donors (Lipinski definition) is 2. The van der Waals surface area contributed by atoms with Gasteiger partial charge in [0, 0.05) is 12.3 Å². The van der Waals surface area contributed by atoms with Crippen LogP contribution < -0.4 is 5.32 Å². The van der Waals surface area contributed by atoms with Crippen molar-refractivity contribution in [2.45, 2.75) is 20.3 Å². The van der Waals surface area contributed by atoms with Crippen LogP contribution in [0.2, 0.25) is 0 Å². The highest BCUT2D eigenvalue weighted by Gasteiger charge is 2.13. The van der Waals surface area contributed by atoms with Crippen LogP contribution in [-0.4, -0.2) is 22.6 Å². The lowest BCUT2D eigenvalue weighted by Gasteiger charge is -2.06. The molecule has 0 spiro atoms. The Labute approximate surface area is 116 Å². The number of thiazole rings is 1. The molecular weight excluding hydrogens is 260 g/mol. The van der Waals surface area contributed by atoms with Crippen molar-refractivity contribution < 1.29 is 9.90 Å². The van der Waals surface area contributed by atoms with Crippen LogP contribution in [-0.2, 0) is 6.42 Å². The van der Waals surface area contributed by atoms with E-state index in [0.29, 0.717) is 11.3 Å². The van der Waals surface area contributed by atoms with Crippen LogP contribution in [0.5, 0.6) is 0 Å². The zero-order chi connectivity index (χ0) is 13.8. The molecule has 1 aromatic heterocycles. The van der Waals surface area contributed by atoms with E-state index in [1.165, 1.54) is 11.3 Å². The summed E-state index contributed by atoms with van der Waals surface area (Å²) in [5.41, 5.74) is 2.49. The summed E-state index contributed by atoms with van der Waals surface area (Å²) in [5, 5.41) is 12.7. The average molecular weight is 276 g/mol. The Morgan fingerprint density at radius 3 is 2.84 bits per heavy atom. The minimum Gasteiger partial charge on any atom is -0.396 e. The molecule has 2 N–H and O–H groups in total. The predicted molar refractivity (Wildman–Crippen MR) is 76.8 cm³/mol. The molecule has 0 aliphatic heterocycles. The lowest BCUT2D eigenvalue weighted by Crippen LogP contribution is -2.11. The zero-order valence-electron chi connectivity index (χ0n) is 10.9. The molecule has 0 bridgehead atoms. The average Bonchev–Trinajstić information content (AvgIpc) is 2.69. The fourth-order valence-corrected chi connectivity index (χ4v) is 2.68. The van der Waals surface area contributed by atoms with Crippen molar-refractivity contribution in [2.24, 2.45) is 0 Å². The third-order valence-electron chi connectivity index (χ3n) is 2.70. The highest BCUT2D eigenvalue weighted by molar-refractivity contribution is 7.13. The normalized spacial score (nSPS) is 10.5. The van der Waals surface area contributed by atoms with E-state index in [2.05, 4.69) is 10.3 Å². The molecule has 19 heavy (non-hydrogen) atoms. The summed E-state index contributed by atoms with van der Waals surface area (Å²) in [4.78, 5) is 17.0. The fourth-order valence-electron chi connectivity index (χ4n) is 1.86. The lowest BCUT2D eigenvalue weighted by atomic mass is 10.1. The molecule has 2 aromatic rings. The molecule has 100 valence electrons. The molecule has 0 atom stereocenters. The van der Waals surface area contributed by atoms with Gasteiger partial charge in [0.15, 0.2) is 0 Å². The zero-order valence-corrected chi connectivity index (χ0v) is 11.8. The second-order valence-electron chi connectivity index (χ2n) is 4.28. The van der Waals surface area contributed by atoms with Gasteiger partial charge in [0.2, 0.25) is 0 Å². The highest BCUT2D eigenvalue weighted by atomic mass is 32.1. The van der Waals surface area contributed by atoms with E-state index < -0.39 is 0 Å². The third-order valence-corrected chi connectivity index (χ3v) is 3.77. The number of nitrogens with one attached hydrogen (secondary N) is 1. The topological polar surface area (TPSA) is 62.2 Å². The molecule has 0 radical (unpaired) electrons. The first-order chi connectivity index (χ1) is 9.10. The number of aryl methyl sites for hydroxylation is 2. The van der Waals surface area contributed by atoms with E-state index in [4.69, 9.17) is 5.11 Å². The number of rotatable bonds is 4. The molecule has 0 saturated heterocycles. The first-order valence-electron chi connectivity index (χ1n) is 6.05. The maximum atomic E-state index is 12.1. The van der Waals surface area contributed by atoms with Crippen molar-refractivity contribution in [1.82, 2.24) is 4.98 Å². The van der Waals surface area contributed by atoms with Crippen molar-refractivity contribution in [3.8, 4) is 0 Å². The molecular formula is C14H16N2O2S. The summed E-state index contributed by atoms with van der Waals surface area (Å²) < 4.78 is 0. The lowest BCUT2D eigenvalue weighted by molar-refractivity contribution is 0.103. The molecule has 0 aliphatic carbocycles. The van der Waals surface area contributed by atoms with E-state index in [0.717, 1.165) is 22.0 Å². The maximum absolute atomic E-state index is 12.1. The van der Waals surface area contributed by atoms with Crippen LogP contribution in [0.1, 0.15) is 25.9 Å². The number of aliphatic hydroxyl groups excluding tert-OH is 1. The molecule has 0 saturated carbocycles. The van der Waals surface area contributed by atoms with Crippen molar-refractivity contribution in [2.75, 3.05) is 11.9 Å². The van der Waals surface area contributed by atoms with Crippen LogP contribution in [0, 0.1) is 13.8 Å². The molecule has 1 aromatic carbocycles. The summed E-state index contributed by atoms with van der Waals surface area (Å²) >= 11 is 1.39. The van der Waals surface area contributed by atoms with Crippen LogP contribution in [0.25, 0.3) is 0 Å². The maximum Gasteiger partial charge on any atom is 0.267 e. The van der Waals surface area contributed by atoms with Crippen LogP contribution in [0.15, 0.2) is 24.3 Å². The minimum absolute atomic E-state index is 0.102. The van der Waals surface area contributed by atoms with E-state index in [-0.39, 0.29) is 12.5 Å². The Bertz CT molecular complexity index is 593. The number of aliphatic hydroxyl groups is 1. The Morgan fingerprint density at radius 1 is 1.42 bits per heavy atom. The van der Waals surface area contributed by atoms with Gasteiger partial charge in [-0.3, -0.25) is 4.79 Å². The number of amides is 1. The standard InChI is InChI=1S/C14H16N2O2S/c1-9-13(19-10(2)15-9)14(18)16-12-5-3-4-11(8-12)6-7-17/h3-5,8,17H,6-7H2,1-2H3,(H,16,18). The molecule has 2 rings (SSSR count). The molecule has 0 unspecified atom stereocenters. The van der Waals surface area contributed by atoms with Gasteiger partial charge >= 0.3 is 0 Å². The molecule has 0 aliphatic rings. The number of anilines is 1. The van der Waals surface area contributed by atoms with Crippen molar-refractivity contribution in [3.63, 3.8) is 0 Å². The SMILES string of the molecule is Cc1nc(C)c(C(=O)Nc2cccc(CCO)c2)s1. The molecule has 5 heteroatoms. The first kappa shape index (κ1) is 13.7. The summed E-state index contributed by atoms with van der Waals surface area (Å²) in [6, 6.07) is 7.50. The van der Waals surface area contributed by atoms with Gasteiger partial charge in [-0.05, 0) is 38.0 Å².